The third-order valence-electron chi connectivity index (χ3n) is 4.59. The number of hydrogen-bond acceptors (Lipinski definition) is 4. The minimum Gasteiger partial charge on any atom is -0.493 e. The number of ether oxygens (including phenoxy) is 3. The van der Waals surface area contributed by atoms with E-state index in [0.29, 0.717) is 29.8 Å². The van der Waals surface area contributed by atoms with E-state index in [0.717, 1.165) is 25.1 Å². The van der Waals surface area contributed by atoms with Crippen molar-refractivity contribution in [1.82, 2.24) is 5.32 Å². The Bertz CT molecular complexity index is 785. The monoisotopic (exact) mass is 331 g/mol. The molecule has 0 aliphatic carbocycles. The Morgan fingerprint density at radius 1 is 1.17 bits per heavy atom. The van der Waals surface area contributed by atoms with Crippen molar-refractivity contribution in [2.45, 2.75) is 12.3 Å². The average molecular weight is 331 g/mol. The first-order chi connectivity index (χ1) is 12.5. The Labute approximate surface area is 143 Å². The third kappa shape index (κ3) is 3.17. The van der Waals surface area contributed by atoms with E-state index in [1.807, 2.05) is 12.1 Å². The maximum Gasteiger partial charge on any atom is 0.231 e. The SMILES string of the molecule is [2H]C1([2H])Oc2ccc(OCC3CNCC[C@H]3c3ccc(F)cc3)cc2O1. The van der Waals surface area contributed by atoms with Gasteiger partial charge in [-0.05, 0) is 48.7 Å². The van der Waals surface area contributed by atoms with Crippen molar-refractivity contribution in [2.24, 2.45) is 5.92 Å². The van der Waals surface area contributed by atoms with Crippen LogP contribution in [0.3, 0.4) is 0 Å². The summed E-state index contributed by atoms with van der Waals surface area (Å²) >= 11 is 0. The van der Waals surface area contributed by atoms with E-state index in [4.69, 9.17) is 17.0 Å². The van der Waals surface area contributed by atoms with Gasteiger partial charge in [0.15, 0.2) is 11.5 Å². The lowest BCUT2D eigenvalue weighted by Gasteiger charge is -2.32. The van der Waals surface area contributed by atoms with Gasteiger partial charge in [-0.25, -0.2) is 4.39 Å². The molecule has 5 heteroatoms. The molecule has 0 bridgehead atoms. The van der Waals surface area contributed by atoms with Gasteiger partial charge in [-0.2, -0.15) is 0 Å². The molecule has 126 valence electrons. The van der Waals surface area contributed by atoms with E-state index in [2.05, 4.69) is 5.32 Å². The van der Waals surface area contributed by atoms with E-state index >= 15 is 0 Å². The minimum absolute atomic E-state index is 0.226. The molecule has 2 aliphatic rings. The summed E-state index contributed by atoms with van der Waals surface area (Å²) in [5, 5.41) is 3.39. The highest BCUT2D eigenvalue weighted by Crippen LogP contribution is 2.36. The van der Waals surface area contributed by atoms with E-state index in [-0.39, 0.29) is 11.7 Å². The fourth-order valence-corrected chi connectivity index (χ4v) is 3.30. The molecule has 2 atom stereocenters. The van der Waals surface area contributed by atoms with Gasteiger partial charge in [0.2, 0.25) is 6.75 Å². The van der Waals surface area contributed by atoms with Crippen LogP contribution >= 0.6 is 0 Å². The molecule has 4 nitrogen and oxygen atoms in total. The predicted octanol–water partition coefficient (Wildman–Crippen LogP) is 3.33. The van der Waals surface area contributed by atoms with Gasteiger partial charge in [0.05, 0.1) is 6.61 Å². The number of nitrogens with one attached hydrogen (secondary N) is 1. The van der Waals surface area contributed by atoms with Crippen LogP contribution in [0.15, 0.2) is 42.5 Å². The van der Waals surface area contributed by atoms with E-state index in [1.54, 1.807) is 18.2 Å². The van der Waals surface area contributed by atoms with Crippen molar-refractivity contribution in [1.29, 1.82) is 0 Å². The number of rotatable bonds is 4. The molecule has 2 aromatic rings. The first kappa shape index (κ1) is 13.1. The zero-order chi connectivity index (χ0) is 18.1. The standard InChI is InChI=1S/C19H20FNO3/c20-15-3-1-13(2-4-15)17-7-8-21-10-14(17)11-22-16-5-6-18-19(9-16)24-12-23-18/h1-6,9,14,17,21H,7-8,10-12H2/t14?,17-/m0/s1/i12D2. The summed E-state index contributed by atoms with van der Waals surface area (Å²) in [6, 6.07) is 11.7. The molecule has 0 amide bonds. The van der Waals surface area contributed by atoms with E-state index < -0.39 is 6.75 Å². The molecule has 1 unspecified atom stereocenters. The zero-order valence-electron chi connectivity index (χ0n) is 15.1. The Morgan fingerprint density at radius 2 is 2.00 bits per heavy atom. The van der Waals surface area contributed by atoms with Crippen molar-refractivity contribution < 1.29 is 21.3 Å². The van der Waals surface area contributed by atoms with Crippen molar-refractivity contribution in [3.05, 3.63) is 53.8 Å². The van der Waals surface area contributed by atoms with Crippen LogP contribution in [-0.2, 0) is 0 Å². The second kappa shape index (κ2) is 6.69. The molecule has 0 aromatic heterocycles. The minimum atomic E-state index is -2.14. The predicted molar refractivity (Wildman–Crippen MR) is 88.2 cm³/mol. The van der Waals surface area contributed by atoms with Gasteiger partial charge in [-0.1, -0.05) is 12.1 Å². The summed E-state index contributed by atoms with van der Waals surface area (Å²) in [7, 11) is 0. The molecule has 0 spiro atoms. The fourth-order valence-electron chi connectivity index (χ4n) is 3.30. The molecule has 2 aliphatic heterocycles. The molecule has 1 fully saturated rings. The lowest BCUT2D eigenvalue weighted by Crippen LogP contribution is -2.38. The van der Waals surface area contributed by atoms with Crippen molar-refractivity contribution >= 4 is 0 Å². The van der Waals surface area contributed by atoms with Gasteiger partial charge in [0, 0.05) is 18.5 Å². The molecule has 0 radical (unpaired) electrons. The van der Waals surface area contributed by atoms with Gasteiger partial charge in [0.1, 0.15) is 14.3 Å². The maximum atomic E-state index is 13.2. The summed E-state index contributed by atoms with van der Waals surface area (Å²) in [6.07, 6.45) is 0.973. The summed E-state index contributed by atoms with van der Waals surface area (Å²) in [5.41, 5.74) is 1.13. The molecule has 24 heavy (non-hydrogen) atoms. The summed E-state index contributed by atoms with van der Waals surface area (Å²) < 4.78 is 44.3. The van der Waals surface area contributed by atoms with Crippen molar-refractivity contribution in [3.8, 4) is 17.2 Å². The van der Waals surface area contributed by atoms with Gasteiger partial charge >= 0.3 is 0 Å². The molecular formula is C19H20FNO3. The number of hydrogen-bond donors (Lipinski definition) is 1. The third-order valence-corrected chi connectivity index (χ3v) is 4.59. The second-order valence-corrected chi connectivity index (χ2v) is 6.12. The second-order valence-electron chi connectivity index (χ2n) is 6.12. The fraction of sp³-hybridized carbons (Fsp3) is 0.368. The molecule has 4 rings (SSSR count). The Kier molecular flexibility index (Phi) is 3.64. The largest absolute Gasteiger partial charge is 0.493 e. The van der Waals surface area contributed by atoms with Crippen LogP contribution in [0, 0.1) is 11.7 Å². The molecule has 1 saturated heterocycles. The molecule has 2 aromatic carbocycles. The average Bonchev–Trinajstić information content (AvgIpc) is 2.94. The quantitative estimate of drug-likeness (QED) is 0.933. The first-order valence-corrected chi connectivity index (χ1v) is 8.11. The topological polar surface area (TPSA) is 39.7 Å². The Morgan fingerprint density at radius 3 is 2.88 bits per heavy atom. The molecule has 0 saturated carbocycles. The van der Waals surface area contributed by atoms with Crippen LogP contribution in [0.4, 0.5) is 4.39 Å². The van der Waals surface area contributed by atoms with E-state index in [9.17, 15) is 4.39 Å². The van der Waals surface area contributed by atoms with Crippen molar-refractivity contribution in [2.75, 3.05) is 26.4 Å². The van der Waals surface area contributed by atoms with Gasteiger partial charge in [0.25, 0.3) is 0 Å². The smallest absolute Gasteiger partial charge is 0.231 e. The highest BCUT2D eigenvalue weighted by Gasteiger charge is 2.27. The summed E-state index contributed by atoms with van der Waals surface area (Å²) in [5.74, 6) is 1.64. The van der Waals surface area contributed by atoms with Crippen LogP contribution in [0.25, 0.3) is 0 Å². The zero-order valence-corrected chi connectivity index (χ0v) is 13.1. The van der Waals surface area contributed by atoms with Crippen LogP contribution in [0.1, 0.15) is 20.6 Å². The van der Waals surface area contributed by atoms with Crippen LogP contribution in [0.5, 0.6) is 17.2 Å². The highest BCUT2D eigenvalue weighted by atomic mass is 19.1. The number of piperidine rings is 1. The lowest BCUT2D eigenvalue weighted by molar-refractivity contribution is 0.173. The maximum absolute atomic E-state index is 13.2. The summed E-state index contributed by atoms with van der Waals surface area (Å²) in [4.78, 5) is 0. The summed E-state index contributed by atoms with van der Waals surface area (Å²) in [6.45, 7) is 0.121. The van der Waals surface area contributed by atoms with Gasteiger partial charge < -0.3 is 19.5 Å². The Hall–Kier alpha value is -2.27. The lowest BCUT2D eigenvalue weighted by atomic mass is 9.81. The first-order valence-electron chi connectivity index (χ1n) is 9.11. The molecule has 2 heterocycles. The van der Waals surface area contributed by atoms with Crippen LogP contribution in [-0.4, -0.2) is 26.4 Å². The van der Waals surface area contributed by atoms with Crippen molar-refractivity contribution in [3.63, 3.8) is 0 Å². The molecular weight excluding hydrogens is 309 g/mol. The number of fused-ring (bicyclic) bond motifs is 1. The van der Waals surface area contributed by atoms with Gasteiger partial charge in [-0.3, -0.25) is 0 Å². The Balaban J connectivity index is 1.44. The number of halogens is 1. The molecule has 1 N–H and O–H groups in total. The highest BCUT2D eigenvalue weighted by molar-refractivity contribution is 5.46. The number of benzene rings is 2. The van der Waals surface area contributed by atoms with Gasteiger partial charge in [-0.15, -0.1) is 0 Å². The normalized spacial score (nSPS) is 25.7. The van der Waals surface area contributed by atoms with E-state index in [1.165, 1.54) is 12.1 Å². The van der Waals surface area contributed by atoms with Crippen LogP contribution in [0.2, 0.25) is 0 Å². The van der Waals surface area contributed by atoms with Crippen LogP contribution < -0.4 is 19.5 Å².